The Balaban J connectivity index is 2.38. The number of hydrogen-bond donors (Lipinski definition) is 1. The van der Waals surface area contributed by atoms with E-state index in [0.29, 0.717) is 24.2 Å². The Kier molecular flexibility index (Phi) is 5.02. The topological polar surface area (TPSA) is 35.8 Å². The quantitative estimate of drug-likeness (QED) is 0.808. The summed E-state index contributed by atoms with van der Waals surface area (Å²) in [4.78, 5) is 0. The number of unbranched alkanes of at least 4 members (excludes halogenated alkanes) is 1. The van der Waals surface area contributed by atoms with Gasteiger partial charge >= 0.3 is 6.18 Å². The van der Waals surface area contributed by atoms with Gasteiger partial charge in [-0.1, -0.05) is 6.07 Å². The highest BCUT2D eigenvalue weighted by Crippen LogP contribution is 2.22. The molecule has 1 aromatic carbocycles. The minimum absolute atomic E-state index is 0.101. The van der Waals surface area contributed by atoms with E-state index in [4.69, 9.17) is 5.26 Å². The van der Waals surface area contributed by atoms with Gasteiger partial charge in [0.15, 0.2) is 0 Å². The minimum Gasteiger partial charge on any atom is -0.384 e. The summed E-state index contributed by atoms with van der Waals surface area (Å²) in [5, 5.41) is 11.9. The molecule has 1 aromatic rings. The average molecular weight is 256 g/mol. The molecule has 0 saturated carbocycles. The number of aryl methyl sites for hydroxylation is 1. The van der Waals surface area contributed by atoms with Gasteiger partial charge in [-0.05, 0) is 37.5 Å². The van der Waals surface area contributed by atoms with E-state index in [1.165, 1.54) is 0 Å². The number of benzene rings is 1. The molecule has 0 spiro atoms. The molecule has 5 heteroatoms. The zero-order valence-electron chi connectivity index (χ0n) is 10.1. The van der Waals surface area contributed by atoms with E-state index in [-0.39, 0.29) is 6.42 Å². The highest BCUT2D eigenvalue weighted by atomic mass is 19.4. The molecule has 0 aliphatic carbocycles. The molecular weight excluding hydrogens is 241 g/mol. The predicted molar refractivity (Wildman–Crippen MR) is 64.3 cm³/mol. The lowest BCUT2D eigenvalue weighted by molar-refractivity contribution is -0.135. The minimum atomic E-state index is -4.08. The molecule has 0 bridgehead atoms. The van der Waals surface area contributed by atoms with Crippen LogP contribution in [0.15, 0.2) is 18.2 Å². The molecule has 0 radical (unpaired) electrons. The lowest BCUT2D eigenvalue weighted by atomic mass is 10.1. The summed E-state index contributed by atoms with van der Waals surface area (Å²) in [7, 11) is 0. The molecular formula is C13H15F3N2. The number of nitrogens with zero attached hydrogens (tertiary/aromatic N) is 1. The normalized spacial score (nSPS) is 11.1. The third kappa shape index (κ3) is 5.09. The third-order valence-electron chi connectivity index (χ3n) is 2.50. The number of rotatable bonds is 5. The monoisotopic (exact) mass is 256 g/mol. The molecule has 0 aliphatic heterocycles. The number of nitriles is 1. The summed E-state index contributed by atoms with van der Waals surface area (Å²) in [5.41, 5.74) is 2.18. The van der Waals surface area contributed by atoms with Crippen molar-refractivity contribution in [3.05, 3.63) is 29.3 Å². The van der Waals surface area contributed by atoms with Gasteiger partial charge in [0.25, 0.3) is 0 Å². The van der Waals surface area contributed by atoms with Crippen LogP contribution >= 0.6 is 0 Å². The van der Waals surface area contributed by atoms with Gasteiger partial charge in [-0.15, -0.1) is 0 Å². The fraction of sp³-hybridized carbons (Fsp3) is 0.462. The third-order valence-corrected chi connectivity index (χ3v) is 2.50. The van der Waals surface area contributed by atoms with Gasteiger partial charge in [-0.2, -0.15) is 18.4 Å². The Labute approximate surface area is 104 Å². The van der Waals surface area contributed by atoms with Gasteiger partial charge in [0, 0.05) is 13.0 Å². The number of hydrogen-bond acceptors (Lipinski definition) is 2. The average Bonchev–Trinajstić information content (AvgIpc) is 2.28. The summed E-state index contributed by atoms with van der Waals surface area (Å²) < 4.78 is 35.7. The van der Waals surface area contributed by atoms with Crippen LogP contribution < -0.4 is 5.32 Å². The molecule has 98 valence electrons. The maximum Gasteiger partial charge on any atom is 0.389 e. The van der Waals surface area contributed by atoms with Crippen molar-refractivity contribution in [1.82, 2.24) is 0 Å². The van der Waals surface area contributed by atoms with Crippen LogP contribution in [0.4, 0.5) is 18.9 Å². The largest absolute Gasteiger partial charge is 0.389 e. The van der Waals surface area contributed by atoms with Crippen LogP contribution in [0.5, 0.6) is 0 Å². The fourth-order valence-corrected chi connectivity index (χ4v) is 1.58. The first-order valence-corrected chi connectivity index (χ1v) is 5.74. The van der Waals surface area contributed by atoms with Crippen LogP contribution in [0, 0.1) is 18.3 Å². The molecule has 18 heavy (non-hydrogen) atoms. The Morgan fingerprint density at radius 1 is 1.28 bits per heavy atom. The Bertz CT molecular complexity index is 433. The van der Waals surface area contributed by atoms with Crippen molar-refractivity contribution in [2.45, 2.75) is 32.4 Å². The second-order valence-corrected chi connectivity index (χ2v) is 4.16. The predicted octanol–water partition coefficient (Wildman–Crippen LogP) is 4.01. The summed E-state index contributed by atoms with van der Waals surface area (Å²) >= 11 is 0. The number of anilines is 1. The molecule has 0 fully saturated rings. The Morgan fingerprint density at radius 3 is 2.61 bits per heavy atom. The molecule has 0 unspecified atom stereocenters. The van der Waals surface area contributed by atoms with Crippen LogP contribution in [0.25, 0.3) is 0 Å². The van der Waals surface area contributed by atoms with Crippen molar-refractivity contribution in [2.24, 2.45) is 0 Å². The fourth-order valence-electron chi connectivity index (χ4n) is 1.58. The molecule has 0 aliphatic rings. The van der Waals surface area contributed by atoms with Gasteiger partial charge in [0.2, 0.25) is 0 Å². The van der Waals surface area contributed by atoms with Crippen LogP contribution in [0.2, 0.25) is 0 Å². The number of alkyl halides is 3. The molecule has 2 nitrogen and oxygen atoms in total. The standard InChI is InChI=1S/C13H15F3N2/c1-10-4-5-12(11(8-10)9-17)18-7-3-2-6-13(14,15)16/h4-5,8,18H,2-3,6-7H2,1H3. The maximum absolute atomic E-state index is 11.9. The van der Waals surface area contributed by atoms with E-state index in [2.05, 4.69) is 11.4 Å². The first-order valence-electron chi connectivity index (χ1n) is 5.74. The van der Waals surface area contributed by atoms with Crippen LogP contribution in [0.1, 0.15) is 30.4 Å². The van der Waals surface area contributed by atoms with Gasteiger partial charge in [0.05, 0.1) is 11.3 Å². The SMILES string of the molecule is Cc1ccc(NCCCCC(F)(F)F)c(C#N)c1. The van der Waals surface area contributed by atoms with Crippen molar-refractivity contribution in [1.29, 1.82) is 5.26 Å². The second kappa shape index (κ2) is 6.29. The summed E-state index contributed by atoms with van der Waals surface area (Å²) in [6.07, 6.45) is -4.31. The summed E-state index contributed by atoms with van der Waals surface area (Å²) in [5.74, 6) is 0. The van der Waals surface area contributed by atoms with E-state index in [1.54, 1.807) is 12.1 Å². The maximum atomic E-state index is 11.9. The van der Waals surface area contributed by atoms with Crippen LogP contribution in [0.3, 0.4) is 0 Å². The lowest BCUT2D eigenvalue weighted by Gasteiger charge is -2.09. The van der Waals surface area contributed by atoms with E-state index in [9.17, 15) is 13.2 Å². The Morgan fingerprint density at radius 2 is 2.00 bits per heavy atom. The zero-order valence-corrected chi connectivity index (χ0v) is 10.1. The molecule has 0 heterocycles. The van der Waals surface area contributed by atoms with Crippen molar-refractivity contribution < 1.29 is 13.2 Å². The number of nitrogens with one attached hydrogen (secondary N) is 1. The van der Waals surface area contributed by atoms with Crippen molar-refractivity contribution in [2.75, 3.05) is 11.9 Å². The lowest BCUT2D eigenvalue weighted by Crippen LogP contribution is -2.09. The van der Waals surface area contributed by atoms with Gasteiger partial charge < -0.3 is 5.32 Å². The molecule has 0 atom stereocenters. The highest BCUT2D eigenvalue weighted by Gasteiger charge is 2.25. The molecule has 1 N–H and O–H groups in total. The zero-order chi connectivity index (χ0) is 13.6. The summed E-state index contributed by atoms with van der Waals surface area (Å²) in [6.45, 7) is 2.32. The summed E-state index contributed by atoms with van der Waals surface area (Å²) in [6, 6.07) is 7.44. The molecule has 1 rings (SSSR count). The number of halogens is 3. The highest BCUT2D eigenvalue weighted by molar-refractivity contribution is 5.58. The van der Waals surface area contributed by atoms with E-state index in [0.717, 1.165) is 5.56 Å². The smallest absolute Gasteiger partial charge is 0.384 e. The first kappa shape index (κ1) is 14.4. The molecule has 0 saturated heterocycles. The molecule has 0 amide bonds. The van der Waals surface area contributed by atoms with Crippen molar-refractivity contribution >= 4 is 5.69 Å². The van der Waals surface area contributed by atoms with Crippen molar-refractivity contribution in [3.8, 4) is 6.07 Å². The van der Waals surface area contributed by atoms with Gasteiger partial charge in [0.1, 0.15) is 6.07 Å². The van der Waals surface area contributed by atoms with Gasteiger partial charge in [-0.3, -0.25) is 0 Å². The second-order valence-electron chi connectivity index (χ2n) is 4.16. The van der Waals surface area contributed by atoms with E-state index >= 15 is 0 Å². The molecule has 0 aromatic heterocycles. The Hall–Kier alpha value is -1.70. The van der Waals surface area contributed by atoms with Crippen LogP contribution in [-0.2, 0) is 0 Å². The van der Waals surface area contributed by atoms with Crippen LogP contribution in [-0.4, -0.2) is 12.7 Å². The van der Waals surface area contributed by atoms with Gasteiger partial charge in [-0.25, -0.2) is 0 Å². The van der Waals surface area contributed by atoms with E-state index in [1.807, 2.05) is 13.0 Å². The van der Waals surface area contributed by atoms with E-state index < -0.39 is 12.6 Å². The van der Waals surface area contributed by atoms with Crippen molar-refractivity contribution in [3.63, 3.8) is 0 Å². The first-order chi connectivity index (χ1) is 8.42.